The Morgan fingerprint density at radius 2 is 1.53 bits per heavy atom. The summed E-state index contributed by atoms with van der Waals surface area (Å²) in [6.45, 7) is 0.644. The second kappa shape index (κ2) is 12.1. The van der Waals surface area contributed by atoms with Gasteiger partial charge >= 0.3 is 11.9 Å². The van der Waals surface area contributed by atoms with Gasteiger partial charge in [-0.2, -0.15) is 0 Å². The molecule has 1 heterocycles. The lowest BCUT2D eigenvalue weighted by molar-refractivity contribution is -0.106. The first-order chi connectivity index (χ1) is 15.2. The molecule has 1 fully saturated rings. The monoisotopic (exact) mass is 580 g/mol. The minimum Gasteiger partial charge on any atom is -0.507 e. The van der Waals surface area contributed by atoms with E-state index in [0.717, 1.165) is 44.6 Å². The van der Waals surface area contributed by atoms with E-state index in [1.807, 2.05) is 0 Å². The number of halogens is 4. The maximum Gasteiger partial charge on any atom is 0.340 e. The van der Waals surface area contributed by atoms with Crippen molar-refractivity contribution in [2.45, 2.75) is 25.6 Å². The number of hydrogen-bond donors (Lipinski definition) is 1. The maximum atomic E-state index is 13.8. The number of hydrogen-bond acceptors (Lipinski definition) is 7. The van der Waals surface area contributed by atoms with E-state index in [9.17, 15) is 18.4 Å². The predicted octanol–water partition coefficient (Wildman–Crippen LogP) is 5.36. The summed E-state index contributed by atoms with van der Waals surface area (Å²) in [5.74, 6) is -2.94. The van der Waals surface area contributed by atoms with Crippen molar-refractivity contribution in [3.8, 4) is 11.5 Å². The van der Waals surface area contributed by atoms with Gasteiger partial charge in [0.2, 0.25) is 0 Å². The molecule has 1 unspecified atom stereocenters. The molecule has 1 atom stereocenters. The van der Waals surface area contributed by atoms with Crippen LogP contribution in [-0.4, -0.2) is 44.2 Å². The zero-order valence-corrected chi connectivity index (χ0v) is 20.3. The number of carbonyl (C=O) groups is 2. The lowest BCUT2D eigenvalue weighted by Crippen LogP contribution is -2.25. The molecule has 1 N–H and O–H groups in total. The lowest BCUT2D eigenvalue weighted by atomic mass is 10.2. The molecule has 0 spiro atoms. The van der Waals surface area contributed by atoms with Crippen LogP contribution in [0.2, 0.25) is 0 Å². The second-order valence-electron chi connectivity index (χ2n) is 6.44. The fraction of sp³-hybridized carbons (Fsp3) is 0.333. The van der Waals surface area contributed by atoms with Gasteiger partial charge in [0.25, 0.3) is 0 Å². The number of aromatic hydroxyl groups is 1. The molecule has 174 valence electrons. The van der Waals surface area contributed by atoms with Crippen molar-refractivity contribution >= 4 is 43.8 Å². The first-order valence-corrected chi connectivity index (χ1v) is 10.9. The van der Waals surface area contributed by atoms with E-state index < -0.39 is 23.6 Å². The van der Waals surface area contributed by atoms with Crippen LogP contribution in [0.25, 0.3) is 0 Å². The van der Waals surface area contributed by atoms with Gasteiger partial charge in [0.05, 0.1) is 40.9 Å². The van der Waals surface area contributed by atoms with Gasteiger partial charge in [-0.3, -0.25) is 0 Å². The molecule has 32 heavy (non-hydrogen) atoms. The standard InChI is InChI=1S/C13H14BrFO4.C8H6BrFO3/c1-17-13(16)8-6-9(14)11(7-10(8)15)19-12-4-2-3-5-18-12;1-13-8(12)4-2-5(9)7(11)3-6(4)10/h6-7,12H,2-5H2,1H3;2-3,11H,1H3. The number of carbonyl (C=O) groups excluding carboxylic acids is 2. The van der Waals surface area contributed by atoms with E-state index in [1.54, 1.807) is 0 Å². The molecule has 0 aromatic heterocycles. The zero-order valence-electron chi connectivity index (χ0n) is 17.1. The molecule has 2 aromatic carbocycles. The fourth-order valence-corrected chi connectivity index (χ4v) is 3.41. The van der Waals surface area contributed by atoms with Crippen LogP contribution in [-0.2, 0) is 14.2 Å². The lowest BCUT2D eigenvalue weighted by Gasteiger charge is -2.24. The first kappa shape index (κ1) is 26.0. The van der Waals surface area contributed by atoms with Gasteiger partial charge in [-0.1, -0.05) is 0 Å². The first-order valence-electron chi connectivity index (χ1n) is 9.29. The number of rotatable bonds is 4. The van der Waals surface area contributed by atoms with Crippen molar-refractivity contribution in [1.29, 1.82) is 0 Å². The molecule has 1 aliphatic heterocycles. The van der Waals surface area contributed by atoms with Crippen molar-refractivity contribution in [2.24, 2.45) is 0 Å². The molecular formula is C21H20Br2F2O7. The van der Waals surface area contributed by atoms with Crippen LogP contribution in [0.3, 0.4) is 0 Å². The molecule has 2 aromatic rings. The van der Waals surface area contributed by atoms with E-state index >= 15 is 0 Å². The van der Waals surface area contributed by atoms with Crippen LogP contribution in [0.1, 0.15) is 40.0 Å². The van der Waals surface area contributed by atoms with Crippen LogP contribution in [0.5, 0.6) is 11.5 Å². The molecular weight excluding hydrogens is 562 g/mol. The average molecular weight is 582 g/mol. The Morgan fingerprint density at radius 3 is 2.06 bits per heavy atom. The predicted molar refractivity (Wildman–Crippen MR) is 117 cm³/mol. The van der Waals surface area contributed by atoms with E-state index in [2.05, 4.69) is 41.3 Å². The maximum absolute atomic E-state index is 13.8. The summed E-state index contributed by atoms with van der Waals surface area (Å²) in [7, 11) is 2.36. The number of esters is 2. The highest BCUT2D eigenvalue weighted by molar-refractivity contribution is 9.10. The zero-order chi connectivity index (χ0) is 23.8. The van der Waals surface area contributed by atoms with E-state index in [0.29, 0.717) is 16.8 Å². The third-order valence-electron chi connectivity index (χ3n) is 4.27. The smallest absolute Gasteiger partial charge is 0.340 e. The Hall–Kier alpha value is -2.24. The number of phenols is 1. The van der Waals surface area contributed by atoms with E-state index in [1.165, 1.54) is 13.2 Å². The third-order valence-corrected chi connectivity index (χ3v) is 5.52. The molecule has 3 rings (SSSR count). The van der Waals surface area contributed by atoms with E-state index in [4.69, 9.17) is 14.6 Å². The number of ether oxygens (including phenoxy) is 4. The van der Waals surface area contributed by atoms with Gasteiger partial charge < -0.3 is 24.1 Å². The Balaban J connectivity index is 0.000000244. The van der Waals surface area contributed by atoms with Crippen molar-refractivity contribution in [1.82, 2.24) is 0 Å². The van der Waals surface area contributed by atoms with Crippen LogP contribution in [0.15, 0.2) is 33.2 Å². The Kier molecular flexibility index (Phi) is 9.85. The normalized spacial score (nSPS) is 15.2. The third kappa shape index (κ3) is 6.88. The Morgan fingerprint density at radius 1 is 0.969 bits per heavy atom. The number of phenolic OH excluding ortho intramolecular Hbond substituents is 1. The number of benzene rings is 2. The highest BCUT2D eigenvalue weighted by atomic mass is 79.9. The summed E-state index contributed by atoms with van der Waals surface area (Å²) < 4.78 is 47.3. The Bertz CT molecular complexity index is 979. The molecule has 0 amide bonds. The van der Waals surface area contributed by atoms with Gasteiger partial charge in [0.1, 0.15) is 23.1 Å². The summed E-state index contributed by atoms with van der Waals surface area (Å²) in [6, 6.07) is 4.51. The molecule has 1 saturated heterocycles. The molecule has 0 bridgehead atoms. The van der Waals surface area contributed by atoms with Crippen LogP contribution in [0, 0.1) is 11.6 Å². The quantitative estimate of drug-likeness (QED) is 0.486. The molecule has 7 nitrogen and oxygen atoms in total. The van der Waals surface area contributed by atoms with Crippen molar-refractivity contribution in [3.05, 3.63) is 56.0 Å². The minimum absolute atomic E-state index is 0.133. The van der Waals surface area contributed by atoms with Gasteiger partial charge in [-0.05, 0) is 56.8 Å². The highest BCUT2D eigenvalue weighted by Gasteiger charge is 2.20. The van der Waals surface area contributed by atoms with Gasteiger partial charge in [-0.15, -0.1) is 0 Å². The minimum atomic E-state index is -0.812. The summed E-state index contributed by atoms with van der Waals surface area (Å²) in [5.41, 5.74) is -0.349. The van der Waals surface area contributed by atoms with Gasteiger partial charge in [0.15, 0.2) is 6.29 Å². The molecule has 1 aliphatic rings. The van der Waals surface area contributed by atoms with Gasteiger partial charge in [0, 0.05) is 18.6 Å². The second-order valence-corrected chi connectivity index (χ2v) is 8.15. The average Bonchev–Trinajstić information content (AvgIpc) is 2.78. The summed E-state index contributed by atoms with van der Waals surface area (Å²) in [5, 5.41) is 9.04. The summed E-state index contributed by atoms with van der Waals surface area (Å²) in [4.78, 5) is 22.3. The van der Waals surface area contributed by atoms with Crippen LogP contribution in [0.4, 0.5) is 8.78 Å². The highest BCUT2D eigenvalue weighted by Crippen LogP contribution is 2.31. The largest absolute Gasteiger partial charge is 0.507 e. The van der Waals surface area contributed by atoms with Crippen molar-refractivity contribution < 1.29 is 42.4 Å². The topological polar surface area (TPSA) is 91.3 Å². The van der Waals surface area contributed by atoms with Crippen molar-refractivity contribution in [2.75, 3.05) is 20.8 Å². The summed E-state index contributed by atoms with van der Waals surface area (Å²) >= 11 is 6.20. The van der Waals surface area contributed by atoms with Crippen molar-refractivity contribution in [3.63, 3.8) is 0 Å². The molecule has 0 radical (unpaired) electrons. The molecule has 0 aliphatic carbocycles. The SMILES string of the molecule is COC(=O)c1cc(Br)c(O)cc1F.COC(=O)c1cc(Br)c(OC2CCCCO2)cc1F. The summed E-state index contributed by atoms with van der Waals surface area (Å²) in [6.07, 6.45) is 2.43. The fourth-order valence-electron chi connectivity index (χ4n) is 2.63. The molecule has 0 saturated carbocycles. The Labute approximate surface area is 199 Å². The van der Waals surface area contributed by atoms with Crippen LogP contribution >= 0.6 is 31.9 Å². The van der Waals surface area contributed by atoms with Crippen LogP contribution < -0.4 is 4.74 Å². The van der Waals surface area contributed by atoms with E-state index in [-0.39, 0.29) is 27.6 Å². The molecule has 11 heteroatoms. The van der Waals surface area contributed by atoms with Gasteiger partial charge in [-0.25, -0.2) is 18.4 Å². The number of methoxy groups -OCH3 is 2.